The van der Waals surface area contributed by atoms with Crippen molar-refractivity contribution in [3.05, 3.63) is 29.8 Å². The highest BCUT2D eigenvalue weighted by atomic mass is 16.6. The summed E-state index contributed by atoms with van der Waals surface area (Å²) in [6.45, 7) is 4.66. The van der Waals surface area contributed by atoms with Gasteiger partial charge in [0.2, 0.25) is 5.91 Å². The van der Waals surface area contributed by atoms with Gasteiger partial charge in [-0.3, -0.25) is 9.59 Å². The average Bonchev–Trinajstić information content (AvgIpc) is 2.77. The Labute approximate surface area is 147 Å². The van der Waals surface area contributed by atoms with Crippen molar-refractivity contribution < 1.29 is 23.9 Å². The number of benzene rings is 1. The largest absolute Gasteiger partial charge is 0.497 e. The quantitative estimate of drug-likeness (QED) is 0.789. The highest BCUT2D eigenvalue weighted by molar-refractivity contribution is 6.04. The van der Waals surface area contributed by atoms with Crippen molar-refractivity contribution in [2.24, 2.45) is 0 Å². The van der Waals surface area contributed by atoms with Crippen molar-refractivity contribution in [3.8, 4) is 5.75 Å². The van der Waals surface area contributed by atoms with Crippen molar-refractivity contribution in [2.75, 3.05) is 20.7 Å². The number of ether oxygens (including phenoxy) is 2. The number of carbonyl (C=O) groups is 3. The predicted molar refractivity (Wildman–Crippen MR) is 91.1 cm³/mol. The van der Waals surface area contributed by atoms with Crippen LogP contribution in [0, 0.1) is 0 Å². The molecule has 0 N–H and O–H groups in total. The van der Waals surface area contributed by atoms with Crippen LogP contribution in [0.2, 0.25) is 0 Å². The SMILES string of the molecule is CCC(c1ccc(OC)cc1)N(C)C(=O)CN1C(=O)OC(C)(C)C1=O. The number of amides is 3. The Bertz CT molecular complexity index is 669. The van der Waals surface area contributed by atoms with Gasteiger partial charge in [0, 0.05) is 7.05 Å². The van der Waals surface area contributed by atoms with E-state index in [1.54, 1.807) is 19.1 Å². The Hall–Kier alpha value is -2.57. The minimum absolute atomic E-state index is 0.167. The molecule has 0 radical (unpaired) electrons. The first-order valence-corrected chi connectivity index (χ1v) is 8.15. The molecule has 136 valence electrons. The van der Waals surface area contributed by atoms with Gasteiger partial charge in [-0.05, 0) is 38.0 Å². The first kappa shape index (κ1) is 18.8. The highest BCUT2D eigenvalue weighted by Gasteiger charge is 2.48. The molecule has 1 saturated heterocycles. The lowest BCUT2D eigenvalue weighted by molar-refractivity contribution is -0.140. The molecule has 0 spiro atoms. The van der Waals surface area contributed by atoms with Crippen molar-refractivity contribution in [2.45, 2.75) is 38.8 Å². The maximum absolute atomic E-state index is 12.6. The van der Waals surface area contributed by atoms with Gasteiger partial charge in [-0.2, -0.15) is 0 Å². The maximum atomic E-state index is 12.6. The number of methoxy groups -OCH3 is 1. The van der Waals surface area contributed by atoms with E-state index in [9.17, 15) is 14.4 Å². The third kappa shape index (κ3) is 3.75. The number of hydrogen-bond donors (Lipinski definition) is 0. The zero-order valence-corrected chi connectivity index (χ0v) is 15.2. The lowest BCUT2D eigenvalue weighted by Crippen LogP contribution is -2.44. The zero-order valence-electron chi connectivity index (χ0n) is 15.2. The number of likely N-dealkylation sites (N-methyl/N-ethyl adjacent to an activating group) is 1. The Kier molecular flexibility index (Phi) is 5.35. The van der Waals surface area contributed by atoms with E-state index in [2.05, 4.69) is 0 Å². The second-order valence-corrected chi connectivity index (χ2v) is 6.47. The summed E-state index contributed by atoms with van der Waals surface area (Å²) >= 11 is 0. The van der Waals surface area contributed by atoms with Crippen LogP contribution in [-0.2, 0) is 14.3 Å². The number of cyclic esters (lactones) is 1. The second kappa shape index (κ2) is 7.13. The fourth-order valence-electron chi connectivity index (χ4n) is 2.84. The van der Waals surface area contributed by atoms with Gasteiger partial charge in [-0.1, -0.05) is 19.1 Å². The molecule has 2 rings (SSSR count). The van der Waals surface area contributed by atoms with Gasteiger partial charge >= 0.3 is 6.09 Å². The molecular formula is C18H24N2O5. The topological polar surface area (TPSA) is 76.2 Å². The summed E-state index contributed by atoms with van der Waals surface area (Å²) in [5, 5.41) is 0. The van der Waals surface area contributed by atoms with Crippen LogP contribution in [0.3, 0.4) is 0 Å². The van der Waals surface area contributed by atoms with Crippen LogP contribution >= 0.6 is 0 Å². The fourth-order valence-corrected chi connectivity index (χ4v) is 2.84. The maximum Gasteiger partial charge on any atom is 0.418 e. The molecule has 7 heteroatoms. The number of hydrogen-bond acceptors (Lipinski definition) is 5. The van der Waals surface area contributed by atoms with Gasteiger partial charge in [-0.25, -0.2) is 9.69 Å². The van der Waals surface area contributed by atoms with Gasteiger partial charge < -0.3 is 14.4 Å². The van der Waals surface area contributed by atoms with Crippen LogP contribution in [0.4, 0.5) is 4.79 Å². The number of carbonyl (C=O) groups excluding carboxylic acids is 3. The van der Waals surface area contributed by atoms with Gasteiger partial charge in [0.05, 0.1) is 13.2 Å². The van der Waals surface area contributed by atoms with Crippen molar-refractivity contribution in [1.29, 1.82) is 0 Å². The smallest absolute Gasteiger partial charge is 0.418 e. The van der Waals surface area contributed by atoms with E-state index in [1.807, 2.05) is 31.2 Å². The van der Waals surface area contributed by atoms with E-state index in [-0.39, 0.29) is 18.5 Å². The summed E-state index contributed by atoms with van der Waals surface area (Å²) in [5.74, 6) is -0.0948. The molecule has 3 amide bonds. The molecule has 1 aromatic rings. The summed E-state index contributed by atoms with van der Waals surface area (Å²) in [6, 6.07) is 7.30. The van der Waals surface area contributed by atoms with E-state index in [0.717, 1.165) is 16.2 Å². The Morgan fingerprint density at radius 3 is 2.32 bits per heavy atom. The molecule has 0 aromatic heterocycles. The number of imide groups is 1. The third-order valence-electron chi connectivity index (χ3n) is 4.36. The number of rotatable bonds is 6. The lowest BCUT2D eigenvalue weighted by Gasteiger charge is -2.29. The van der Waals surface area contributed by atoms with E-state index < -0.39 is 17.6 Å². The van der Waals surface area contributed by atoms with Crippen LogP contribution in [0.15, 0.2) is 24.3 Å². The van der Waals surface area contributed by atoms with Crippen LogP contribution in [0.25, 0.3) is 0 Å². The highest BCUT2D eigenvalue weighted by Crippen LogP contribution is 2.27. The first-order valence-electron chi connectivity index (χ1n) is 8.15. The summed E-state index contributed by atoms with van der Waals surface area (Å²) < 4.78 is 10.2. The minimum atomic E-state index is -1.23. The van der Waals surface area contributed by atoms with Gasteiger partial charge in [0.25, 0.3) is 5.91 Å². The Morgan fingerprint density at radius 2 is 1.88 bits per heavy atom. The molecule has 7 nitrogen and oxygen atoms in total. The standard InChI is InChI=1S/C18H24N2O5/c1-6-14(12-7-9-13(24-5)10-8-12)19(4)15(21)11-20-16(22)18(2,3)25-17(20)23/h7-10,14H,6,11H2,1-5H3. The summed E-state index contributed by atoms with van der Waals surface area (Å²) in [4.78, 5) is 39.0. The zero-order chi connectivity index (χ0) is 18.8. The van der Waals surface area contributed by atoms with E-state index >= 15 is 0 Å². The molecule has 1 aliphatic rings. The molecule has 0 bridgehead atoms. The monoisotopic (exact) mass is 348 g/mol. The Balaban J connectivity index is 2.11. The van der Waals surface area contributed by atoms with Crippen molar-refractivity contribution in [1.82, 2.24) is 9.80 Å². The average molecular weight is 348 g/mol. The Morgan fingerprint density at radius 1 is 1.28 bits per heavy atom. The summed E-state index contributed by atoms with van der Waals surface area (Å²) in [7, 11) is 3.26. The molecule has 1 fully saturated rings. The van der Waals surface area contributed by atoms with Gasteiger partial charge in [0.1, 0.15) is 12.3 Å². The van der Waals surface area contributed by atoms with E-state index in [0.29, 0.717) is 6.42 Å². The van der Waals surface area contributed by atoms with Gasteiger partial charge in [0.15, 0.2) is 5.60 Å². The molecule has 25 heavy (non-hydrogen) atoms. The molecule has 0 saturated carbocycles. The van der Waals surface area contributed by atoms with Crippen LogP contribution in [0.5, 0.6) is 5.75 Å². The van der Waals surface area contributed by atoms with Crippen LogP contribution in [-0.4, -0.2) is 54.0 Å². The summed E-state index contributed by atoms with van der Waals surface area (Å²) in [5.41, 5.74) is -0.273. The molecule has 1 aromatic carbocycles. The fraction of sp³-hybridized carbons (Fsp3) is 0.500. The molecule has 1 atom stereocenters. The molecule has 0 aliphatic carbocycles. The molecule has 1 heterocycles. The van der Waals surface area contributed by atoms with Crippen LogP contribution in [0.1, 0.15) is 38.8 Å². The van der Waals surface area contributed by atoms with Crippen LogP contribution < -0.4 is 4.74 Å². The lowest BCUT2D eigenvalue weighted by atomic mass is 10.0. The second-order valence-electron chi connectivity index (χ2n) is 6.47. The van der Waals surface area contributed by atoms with E-state index in [1.165, 1.54) is 13.8 Å². The predicted octanol–water partition coefficient (Wildman–Crippen LogP) is 2.36. The molecule has 1 aliphatic heterocycles. The molecular weight excluding hydrogens is 324 g/mol. The summed E-state index contributed by atoms with van der Waals surface area (Å²) in [6.07, 6.45) is -0.0902. The normalized spacial score (nSPS) is 17.2. The van der Waals surface area contributed by atoms with Crippen molar-refractivity contribution >= 4 is 17.9 Å². The van der Waals surface area contributed by atoms with Crippen molar-refractivity contribution in [3.63, 3.8) is 0 Å². The van der Waals surface area contributed by atoms with E-state index in [4.69, 9.17) is 9.47 Å². The number of nitrogens with zero attached hydrogens (tertiary/aromatic N) is 2. The minimum Gasteiger partial charge on any atom is -0.497 e. The molecule has 1 unspecified atom stereocenters. The third-order valence-corrected chi connectivity index (χ3v) is 4.36. The van der Waals surface area contributed by atoms with Gasteiger partial charge in [-0.15, -0.1) is 0 Å². The first-order chi connectivity index (χ1) is 11.7.